The van der Waals surface area contributed by atoms with Crippen molar-refractivity contribution in [3.05, 3.63) is 48.4 Å². The minimum atomic E-state index is 0. The molecular weight excluding hydrogens is 245 g/mol. The van der Waals surface area contributed by atoms with Crippen molar-refractivity contribution >= 4 is 24.8 Å². The fourth-order valence-corrected chi connectivity index (χ4v) is 1.23. The highest BCUT2D eigenvalue weighted by atomic mass is 35.5. The normalized spacial score (nSPS) is 8.19. The highest BCUT2D eigenvalue weighted by Gasteiger charge is 2.04. The van der Waals surface area contributed by atoms with Crippen LogP contribution in [0.1, 0.15) is 5.56 Å². The molecule has 0 fully saturated rings. The highest BCUT2D eigenvalue weighted by molar-refractivity contribution is 5.85. The first-order valence-corrected chi connectivity index (χ1v) is 4.17. The van der Waals surface area contributed by atoms with Gasteiger partial charge in [-0.25, -0.2) is 0 Å². The van der Waals surface area contributed by atoms with E-state index < -0.39 is 0 Å². The van der Waals surface area contributed by atoms with Crippen molar-refractivity contribution in [2.45, 2.75) is 0 Å². The van der Waals surface area contributed by atoms with E-state index in [1.807, 2.05) is 12.1 Å². The van der Waals surface area contributed by atoms with Crippen molar-refractivity contribution in [2.24, 2.45) is 0 Å². The van der Waals surface area contributed by atoms with Gasteiger partial charge < -0.3 is 0 Å². The van der Waals surface area contributed by atoms with Gasteiger partial charge in [0.1, 0.15) is 6.07 Å². The Morgan fingerprint density at radius 2 is 1.81 bits per heavy atom. The van der Waals surface area contributed by atoms with E-state index in [9.17, 15) is 0 Å². The average Bonchev–Trinajstić information content (AvgIpc) is 2.30. The third kappa shape index (κ3) is 2.93. The minimum Gasteiger partial charge on any atom is -0.264 e. The lowest BCUT2D eigenvalue weighted by atomic mass is 10.1. The maximum absolute atomic E-state index is 8.87. The summed E-state index contributed by atoms with van der Waals surface area (Å²) in [5.41, 5.74) is 2.12. The van der Waals surface area contributed by atoms with E-state index >= 15 is 0 Å². The first-order valence-electron chi connectivity index (χ1n) is 4.17. The molecule has 0 radical (unpaired) electrons. The summed E-state index contributed by atoms with van der Waals surface area (Å²) in [5.74, 6) is 0. The summed E-state index contributed by atoms with van der Waals surface area (Å²) in [5, 5.41) is 8.87. The standard InChI is InChI=1S/C11H7N3.2ClH/c12-7-9-3-2-6-14-11(9)10-4-1-5-13-8-10;;/h1-6,8H;2*1H. The van der Waals surface area contributed by atoms with Crippen molar-refractivity contribution in [3.63, 3.8) is 0 Å². The molecule has 3 nitrogen and oxygen atoms in total. The summed E-state index contributed by atoms with van der Waals surface area (Å²) >= 11 is 0. The van der Waals surface area contributed by atoms with E-state index in [2.05, 4.69) is 16.0 Å². The molecule has 0 spiro atoms. The predicted octanol–water partition coefficient (Wildman–Crippen LogP) is 2.86. The van der Waals surface area contributed by atoms with Crippen LogP contribution in [0.3, 0.4) is 0 Å². The SMILES string of the molecule is Cl.Cl.N#Cc1cccnc1-c1cccnc1. The molecule has 0 N–H and O–H groups in total. The van der Waals surface area contributed by atoms with E-state index in [0.717, 1.165) is 5.56 Å². The Kier molecular flexibility index (Phi) is 6.09. The molecule has 0 atom stereocenters. The van der Waals surface area contributed by atoms with Crippen LogP contribution in [0.2, 0.25) is 0 Å². The summed E-state index contributed by atoms with van der Waals surface area (Å²) in [4.78, 5) is 8.14. The molecule has 0 aliphatic carbocycles. The van der Waals surface area contributed by atoms with Crippen LogP contribution in [0, 0.1) is 11.3 Å². The smallest absolute Gasteiger partial charge is 0.101 e. The van der Waals surface area contributed by atoms with E-state index in [-0.39, 0.29) is 24.8 Å². The second-order valence-electron chi connectivity index (χ2n) is 2.75. The Morgan fingerprint density at radius 3 is 2.44 bits per heavy atom. The molecule has 0 saturated carbocycles. The van der Waals surface area contributed by atoms with Gasteiger partial charge in [-0.3, -0.25) is 9.97 Å². The van der Waals surface area contributed by atoms with Crippen LogP contribution in [0.5, 0.6) is 0 Å². The molecule has 2 aromatic heterocycles. The van der Waals surface area contributed by atoms with Crippen molar-refractivity contribution in [3.8, 4) is 17.3 Å². The molecule has 5 heteroatoms. The van der Waals surface area contributed by atoms with Crippen LogP contribution in [-0.2, 0) is 0 Å². The molecule has 0 bridgehead atoms. The molecular formula is C11H9Cl2N3. The molecule has 0 amide bonds. The summed E-state index contributed by atoms with van der Waals surface area (Å²) < 4.78 is 0. The number of aromatic nitrogens is 2. The lowest BCUT2D eigenvalue weighted by Crippen LogP contribution is -1.88. The fraction of sp³-hybridized carbons (Fsp3) is 0. The van der Waals surface area contributed by atoms with Crippen molar-refractivity contribution in [2.75, 3.05) is 0 Å². The van der Waals surface area contributed by atoms with Crippen LogP contribution in [0.15, 0.2) is 42.9 Å². The van der Waals surface area contributed by atoms with Crippen LogP contribution in [0.25, 0.3) is 11.3 Å². The number of hydrogen-bond acceptors (Lipinski definition) is 3. The number of rotatable bonds is 1. The van der Waals surface area contributed by atoms with Crippen LogP contribution in [0.4, 0.5) is 0 Å². The maximum atomic E-state index is 8.87. The van der Waals surface area contributed by atoms with Gasteiger partial charge in [0.05, 0.1) is 11.3 Å². The van der Waals surface area contributed by atoms with Gasteiger partial charge in [0.15, 0.2) is 0 Å². The lowest BCUT2D eigenvalue weighted by molar-refractivity contribution is 1.26. The summed E-state index contributed by atoms with van der Waals surface area (Å²) in [6, 6.07) is 9.31. The number of halogens is 2. The zero-order valence-electron chi connectivity index (χ0n) is 8.20. The van der Waals surface area contributed by atoms with Crippen molar-refractivity contribution in [1.29, 1.82) is 5.26 Å². The number of nitrogens with zero attached hydrogens (tertiary/aromatic N) is 3. The predicted molar refractivity (Wildman–Crippen MR) is 66.7 cm³/mol. The summed E-state index contributed by atoms with van der Waals surface area (Å²) in [6.45, 7) is 0. The zero-order valence-corrected chi connectivity index (χ0v) is 9.83. The molecule has 0 unspecified atom stereocenters. The second-order valence-corrected chi connectivity index (χ2v) is 2.75. The third-order valence-corrected chi connectivity index (χ3v) is 1.86. The topological polar surface area (TPSA) is 49.6 Å². The Hall–Kier alpha value is -1.63. The van der Waals surface area contributed by atoms with Crippen LogP contribution < -0.4 is 0 Å². The van der Waals surface area contributed by atoms with E-state index in [1.165, 1.54) is 0 Å². The lowest BCUT2D eigenvalue weighted by Gasteiger charge is -2.00. The molecule has 2 rings (SSSR count). The minimum absolute atomic E-state index is 0. The Labute approximate surface area is 106 Å². The van der Waals surface area contributed by atoms with Crippen molar-refractivity contribution in [1.82, 2.24) is 9.97 Å². The largest absolute Gasteiger partial charge is 0.264 e. The van der Waals surface area contributed by atoms with E-state index in [4.69, 9.17) is 5.26 Å². The zero-order chi connectivity index (χ0) is 9.80. The molecule has 0 aliphatic rings. The summed E-state index contributed by atoms with van der Waals surface area (Å²) in [6.07, 6.45) is 5.06. The van der Waals surface area contributed by atoms with Crippen molar-refractivity contribution < 1.29 is 0 Å². The molecule has 0 aromatic carbocycles. The molecule has 16 heavy (non-hydrogen) atoms. The molecule has 2 aromatic rings. The number of pyridine rings is 2. The van der Waals surface area contributed by atoms with Gasteiger partial charge in [0.25, 0.3) is 0 Å². The quantitative estimate of drug-likeness (QED) is 0.786. The fourth-order valence-electron chi connectivity index (χ4n) is 1.23. The van der Waals surface area contributed by atoms with E-state index in [0.29, 0.717) is 11.3 Å². The van der Waals surface area contributed by atoms with Gasteiger partial charge in [-0.1, -0.05) is 0 Å². The van der Waals surface area contributed by atoms with Gasteiger partial charge in [-0.05, 0) is 24.3 Å². The molecule has 2 heterocycles. The molecule has 82 valence electrons. The number of hydrogen-bond donors (Lipinski definition) is 0. The Morgan fingerprint density at radius 1 is 1.06 bits per heavy atom. The van der Waals surface area contributed by atoms with Gasteiger partial charge >= 0.3 is 0 Å². The monoisotopic (exact) mass is 253 g/mol. The van der Waals surface area contributed by atoms with Gasteiger partial charge in [0, 0.05) is 24.2 Å². The molecule has 0 aliphatic heterocycles. The molecule has 0 saturated heterocycles. The third-order valence-electron chi connectivity index (χ3n) is 1.86. The van der Waals surface area contributed by atoms with Crippen LogP contribution >= 0.6 is 24.8 Å². The first kappa shape index (κ1) is 14.4. The Bertz CT molecular complexity index is 480. The second kappa shape index (κ2) is 6.78. The van der Waals surface area contributed by atoms with Gasteiger partial charge in [-0.2, -0.15) is 5.26 Å². The van der Waals surface area contributed by atoms with Gasteiger partial charge in [0.2, 0.25) is 0 Å². The number of nitriles is 1. The first-order chi connectivity index (χ1) is 6.92. The maximum Gasteiger partial charge on any atom is 0.101 e. The Balaban J connectivity index is 0.00000112. The average molecular weight is 254 g/mol. The summed E-state index contributed by atoms with van der Waals surface area (Å²) in [7, 11) is 0. The van der Waals surface area contributed by atoms with Crippen LogP contribution in [-0.4, -0.2) is 9.97 Å². The van der Waals surface area contributed by atoms with Gasteiger partial charge in [-0.15, -0.1) is 24.8 Å². The highest BCUT2D eigenvalue weighted by Crippen LogP contribution is 2.18. The van der Waals surface area contributed by atoms with E-state index in [1.54, 1.807) is 30.7 Å².